The third-order valence-electron chi connectivity index (χ3n) is 4.72. The normalized spacial score (nSPS) is 11.9. The van der Waals surface area contributed by atoms with Crippen LogP contribution in [0.4, 0.5) is 19.0 Å². The van der Waals surface area contributed by atoms with Crippen molar-refractivity contribution in [1.82, 2.24) is 9.97 Å². The molecule has 8 nitrogen and oxygen atoms in total. The van der Waals surface area contributed by atoms with E-state index in [0.717, 1.165) is 12.1 Å². The van der Waals surface area contributed by atoms with Crippen molar-refractivity contribution >= 4 is 17.5 Å². The minimum absolute atomic E-state index is 0.0687. The Morgan fingerprint density at radius 1 is 1.09 bits per heavy atom. The number of nitrogens with zero attached hydrogens (tertiary/aromatic N) is 3. The van der Waals surface area contributed by atoms with E-state index in [4.69, 9.17) is 15.7 Å². The monoisotopic (exact) mass is 469 g/mol. The molecule has 0 spiro atoms. The van der Waals surface area contributed by atoms with Gasteiger partial charge >= 0.3 is 6.18 Å². The number of carbonyl (C=O) groups excluding carboxylic acids is 2. The van der Waals surface area contributed by atoms with Gasteiger partial charge in [0.25, 0.3) is 5.91 Å². The summed E-state index contributed by atoms with van der Waals surface area (Å²) < 4.78 is 45.0. The van der Waals surface area contributed by atoms with E-state index in [0.29, 0.717) is 5.56 Å². The second-order valence-electron chi connectivity index (χ2n) is 7.25. The highest BCUT2D eigenvalue weighted by Gasteiger charge is 2.34. The minimum atomic E-state index is -4.71. The van der Waals surface area contributed by atoms with Gasteiger partial charge in [-0.25, -0.2) is 9.97 Å². The van der Waals surface area contributed by atoms with Gasteiger partial charge in [-0.3, -0.25) is 9.59 Å². The number of aromatic nitrogens is 2. The number of Topliss-reactive ketones (excluding diaryl/α,β-unsaturated/α-hetero) is 1. The Morgan fingerprint density at radius 2 is 1.74 bits per heavy atom. The highest BCUT2D eigenvalue weighted by atomic mass is 19.4. The van der Waals surface area contributed by atoms with Gasteiger partial charge in [0.1, 0.15) is 23.0 Å². The third-order valence-corrected chi connectivity index (χ3v) is 4.72. The Kier molecular flexibility index (Phi) is 6.81. The molecule has 0 bridgehead atoms. The summed E-state index contributed by atoms with van der Waals surface area (Å²) in [5.74, 6) is -0.452. The van der Waals surface area contributed by atoms with Gasteiger partial charge in [-0.15, -0.1) is 0 Å². The number of nitrogens with one attached hydrogen (secondary N) is 1. The quantitative estimate of drug-likeness (QED) is 0.527. The van der Waals surface area contributed by atoms with Crippen LogP contribution in [-0.2, 0) is 11.0 Å². The largest absolute Gasteiger partial charge is 0.457 e. The molecule has 3 N–H and O–H groups in total. The Balaban J connectivity index is 1.89. The van der Waals surface area contributed by atoms with E-state index in [9.17, 15) is 22.8 Å². The van der Waals surface area contributed by atoms with Crippen molar-refractivity contribution in [2.75, 3.05) is 5.32 Å². The number of alkyl halides is 3. The highest BCUT2D eigenvalue weighted by molar-refractivity contribution is 5.92. The molecule has 3 aromatic rings. The molecule has 0 aliphatic carbocycles. The van der Waals surface area contributed by atoms with E-state index in [1.807, 2.05) is 0 Å². The van der Waals surface area contributed by atoms with E-state index < -0.39 is 29.3 Å². The average Bonchev–Trinajstić information content (AvgIpc) is 2.78. The van der Waals surface area contributed by atoms with Gasteiger partial charge in [-0.1, -0.05) is 0 Å². The molecule has 1 heterocycles. The molecule has 11 heteroatoms. The van der Waals surface area contributed by atoms with E-state index in [1.54, 1.807) is 19.1 Å². The molecule has 0 saturated heterocycles. The van der Waals surface area contributed by atoms with Crippen molar-refractivity contribution in [2.45, 2.75) is 26.1 Å². The third kappa shape index (κ3) is 5.66. The number of benzene rings is 2. The van der Waals surface area contributed by atoms with Crippen LogP contribution in [0.25, 0.3) is 11.4 Å². The summed E-state index contributed by atoms with van der Waals surface area (Å²) >= 11 is 0. The van der Waals surface area contributed by atoms with E-state index in [2.05, 4.69) is 15.3 Å². The lowest BCUT2D eigenvalue weighted by molar-refractivity contribution is -0.137. The second kappa shape index (κ2) is 9.58. The number of primary amides is 1. The molecule has 3 rings (SSSR count). The molecule has 2 aromatic carbocycles. The summed E-state index contributed by atoms with van der Waals surface area (Å²) in [5, 5.41) is 11.8. The van der Waals surface area contributed by atoms with E-state index in [1.165, 1.54) is 37.3 Å². The first-order valence-corrected chi connectivity index (χ1v) is 9.83. The second-order valence-corrected chi connectivity index (χ2v) is 7.25. The lowest BCUT2D eigenvalue weighted by Crippen LogP contribution is -2.25. The minimum Gasteiger partial charge on any atom is -0.457 e. The number of amides is 1. The van der Waals surface area contributed by atoms with Crippen LogP contribution in [-0.4, -0.2) is 27.7 Å². The maximum absolute atomic E-state index is 13.2. The van der Waals surface area contributed by atoms with Gasteiger partial charge < -0.3 is 15.8 Å². The van der Waals surface area contributed by atoms with Crippen LogP contribution in [0.2, 0.25) is 0 Å². The van der Waals surface area contributed by atoms with Crippen LogP contribution < -0.4 is 15.8 Å². The van der Waals surface area contributed by atoms with Crippen LogP contribution in [0.1, 0.15) is 35.5 Å². The van der Waals surface area contributed by atoms with Crippen molar-refractivity contribution in [3.05, 3.63) is 65.4 Å². The zero-order valence-corrected chi connectivity index (χ0v) is 18.0. The van der Waals surface area contributed by atoms with Gasteiger partial charge in [0.2, 0.25) is 0 Å². The highest BCUT2D eigenvalue weighted by Crippen LogP contribution is 2.35. The number of rotatable bonds is 7. The summed E-state index contributed by atoms with van der Waals surface area (Å²) in [7, 11) is 0. The summed E-state index contributed by atoms with van der Waals surface area (Å²) in [6.45, 7) is 3.03. The summed E-state index contributed by atoms with van der Waals surface area (Å²) in [6, 6.07) is 11.4. The Labute approximate surface area is 192 Å². The molecular formula is C23H18F3N5O3. The molecule has 34 heavy (non-hydrogen) atoms. The fraction of sp³-hybridized carbons (Fsp3) is 0.174. The van der Waals surface area contributed by atoms with Crippen LogP contribution in [0.5, 0.6) is 11.5 Å². The molecule has 0 aliphatic rings. The number of nitrogens with two attached hydrogens (primary N) is 1. The molecule has 0 aliphatic heterocycles. The number of hydrogen-bond acceptors (Lipinski definition) is 7. The SMILES string of the molecule is CC(=O)[C@H](C)Nc1cc(C(N)=O)nc(-c2ccc(Oc3ccc(C#N)c(C(F)(F)F)c3)cc2)n1. The Hall–Kier alpha value is -4.46. The summed E-state index contributed by atoms with van der Waals surface area (Å²) in [4.78, 5) is 31.6. The fourth-order valence-electron chi connectivity index (χ4n) is 2.83. The predicted molar refractivity (Wildman–Crippen MR) is 116 cm³/mol. The zero-order valence-electron chi connectivity index (χ0n) is 18.0. The number of halogens is 3. The first kappa shape index (κ1) is 24.2. The number of hydrogen-bond donors (Lipinski definition) is 2. The van der Waals surface area contributed by atoms with Crippen molar-refractivity contribution < 1.29 is 27.5 Å². The number of nitriles is 1. The maximum Gasteiger partial charge on any atom is 0.417 e. The number of ether oxygens (including phenoxy) is 1. The van der Waals surface area contributed by atoms with Crippen molar-refractivity contribution in [3.8, 4) is 29.0 Å². The van der Waals surface area contributed by atoms with Gasteiger partial charge in [0, 0.05) is 11.6 Å². The lowest BCUT2D eigenvalue weighted by Gasteiger charge is -2.13. The first-order valence-electron chi connectivity index (χ1n) is 9.83. The van der Waals surface area contributed by atoms with Gasteiger partial charge in [-0.05, 0) is 56.3 Å². The Bertz CT molecular complexity index is 1280. The van der Waals surface area contributed by atoms with Crippen LogP contribution in [0.15, 0.2) is 48.5 Å². The van der Waals surface area contributed by atoms with Gasteiger partial charge in [0.05, 0.1) is 23.2 Å². The average molecular weight is 469 g/mol. The predicted octanol–water partition coefficient (Wildman–Crippen LogP) is 4.31. The van der Waals surface area contributed by atoms with Crippen molar-refractivity contribution in [1.29, 1.82) is 5.26 Å². The number of ketones is 1. The molecule has 1 aromatic heterocycles. The van der Waals surface area contributed by atoms with Crippen molar-refractivity contribution in [2.24, 2.45) is 5.73 Å². The molecule has 0 unspecified atom stereocenters. The van der Waals surface area contributed by atoms with E-state index >= 15 is 0 Å². The van der Waals surface area contributed by atoms with Crippen LogP contribution >= 0.6 is 0 Å². The first-order chi connectivity index (χ1) is 16.0. The number of carbonyl (C=O) groups is 2. The van der Waals surface area contributed by atoms with Gasteiger partial charge in [-0.2, -0.15) is 18.4 Å². The fourth-order valence-corrected chi connectivity index (χ4v) is 2.83. The molecule has 1 atom stereocenters. The standard InChI is InChI=1S/C23H18F3N5O3/c1-12(13(2)32)29-20-10-19(21(28)33)30-22(31-20)14-3-6-16(7-4-14)34-17-8-5-15(11-27)18(9-17)23(24,25)26/h3-10,12H,1-2H3,(H2,28,33)(H,29,30,31)/t12-/m0/s1. The molecule has 1 amide bonds. The number of anilines is 1. The Morgan fingerprint density at radius 3 is 2.29 bits per heavy atom. The van der Waals surface area contributed by atoms with Crippen LogP contribution in [0, 0.1) is 11.3 Å². The molecule has 0 radical (unpaired) electrons. The van der Waals surface area contributed by atoms with Crippen molar-refractivity contribution in [3.63, 3.8) is 0 Å². The lowest BCUT2D eigenvalue weighted by atomic mass is 10.1. The molecule has 174 valence electrons. The smallest absolute Gasteiger partial charge is 0.417 e. The summed E-state index contributed by atoms with van der Waals surface area (Å²) in [6.07, 6.45) is -4.71. The topological polar surface area (TPSA) is 131 Å². The van der Waals surface area contributed by atoms with Crippen LogP contribution in [0.3, 0.4) is 0 Å². The molecule has 0 fully saturated rings. The zero-order chi connectivity index (χ0) is 25.0. The molecule has 0 saturated carbocycles. The van der Waals surface area contributed by atoms with E-state index in [-0.39, 0.29) is 34.6 Å². The summed E-state index contributed by atoms with van der Waals surface area (Å²) in [5.41, 5.74) is 4.14. The maximum atomic E-state index is 13.2. The van der Waals surface area contributed by atoms with Gasteiger partial charge in [0.15, 0.2) is 11.6 Å². The molecular weight excluding hydrogens is 451 g/mol.